The van der Waals surface area contributed by atoms with Crippen molar-refractivity contribution in [3.8, 4) is 11.3 Å². The molecular formula is C11H8F3N3. The summed E-state index contributed by atoms with van der Waals surface area (Å²) < 4.78 is 37.6. The number of aryl methyl sites for hydroxylation is 1. The van der Waals surface area contributed by atoms with Crippen molar-refractivity contribution in [1.29, 1.82) is 0 Å². The Morgan fingerprint density at radius 3 is 2.53 bits per heavy atom. The summed E-state index contributed by atoms with van der Waals surface area (Å²) in [5.74, 6) is -1.13. The Bertz CT molecular complexity index is 523. The molecule has 2 rings (SSSR count). The number of hydrogen-bond donors (Lipinski definition) is 0. The van der Waals surface area contributed by atoms with E-state index in [2.05, 4.69) is 15.0 Å². The fraction of sp³-hybridized carbons (Fsp3) is 0.182. The molecular weight excluding hydrogens is 231 g/mol. The minimum Gasteiger partial charge on any atom is -0.264 e. The monoisotopic (exact) mass is 239 g/mol. The van der Waals surface area contributed by atoms with Gasteiger partial charge in [0.05, 0.1) is 5.69 Å². The summed E-state index contributed by atoms with van der Waals surface area (Å²) in [4.78, 5) is 10.7. The van der Waals surface area contributed by atoms with Gasteiger partial charge < -0.3 is 0 Å². The van der Waals surface area contributed by atoms with E-state index >= 15 is 0 Å². The van der Waals surface area contributed by atoms with Gasteiger partial charge in [0.1, 0.15) is 0 Å². The first-order valence-corrected chi connectivity index (χ1v) is 4.80. The highest BCUT2D eigenvalue weighted by atomic mass is 19.4. The summed E-state index contributed by atoms with van der Waals surface area (Å²) in [5, 5.41) is 0. The molecule has 0 bridgehead atoms. The highest BCUT2D eigenvalue weighted by Gasteiger charge is 2.35. The third kappa shape index (κ3) is 2.58. The quantitative estimate of drug-likeness (QED) is 0.768. The molecule has 17 heavy (non-hydrogen) atoms. The zero-order valence-electron chi connectivity index (χ0n) is 8.86. The van der Waals surface area contributed by atoms with Gasteiger partial charge in [-0.2, -0.15) is 13.2 Å². The maximum atomic E-state index is 12.5. The molecule has 2 aromatic rings. The number of halogens is 3. The van der Waals surface area contributed by atoms with E-state index in [1.54, 1.807) is 18.3 Å². The van der Waals surface area contributed by atoms with E-state index in [1.165, 1.54) is 19.2 Å². The summed E-state index contributed by atoms with van der Waals surface area (Å²) >= 11 is 0. The van der Waals surface area contributed by atoms with Crippen molar-refractivity contribution < 1.29 is 13.2 Å². The summed E-state index contributed by atoms with van der Waals surface area (Å²) in [5.41, 5.74) is 1.02. The number of nitrogens with zero attached hydrogens (tertiary/aromatic N) is 3. The molecule has 0 spiro atoms. The molecule has 0 aliphatic heterocycles. The topological polar surface area (TPSA) is 38.7 Å². The van der Waals surface area contributed by atoms with Gasteiger partial charge in [0.15, 0.2) is 0 Å². The molecule has 3 nitrogen and oxygen atoms in total. The lowest BCUT2D eigenvalue weighted by atomic mass is 10.2. The van der Waals surface area contributed by atoms with E-state index in [9.17, 15) is 13.2 Å². The smallest absolute Gasteiger partial charge is 0.264 e. The van der Waals surface area contributed by atoms with Crippen LogP contribution in [0.25, 0.3) is 11.3 Å². The first-order chi connectivity index (χ1) is 7.97. The van der Waals surface area contributed by atoms with Crippen molar-refractivity contribution in [2.45, 2.75) is 13.1 Å². The van der Waals surface area contributed by atoms with Crippen LogP contribution in [0, 0.1) is 6.92 Å². The largest absolute Gasteiger partial charge is 0.451 e. The van der Waals surface area contributed by atoms with E-state index in [0.29, 0.717) is 5.56 Å². The number of hydrogen-bond acceptors (Lipinski definition) is 3. The Morgan fingerprint density at radius 1 is 1.18 bits per heavy atom. The minimum atomic E-state index is -4.54. The van der Waals surface area contributed by atoms with Crippen LogP contribution in [0.4, 0.5) is 13.2 Å². The van der Waals surface area contributed by atoms with E-state index in [4.69, 9.17) is 0 Å². The van der Waals surface area contributed by atoms with Crippen LogP contribution in [0.15, 0.2) is 30.6 Å². The van der Waals surface area contributed by atoms with Gasteiger partial charge in [-0.05, 0) is 25.1 Å². The Labute approximate surface area is 95.4 Å². The van der Waals surface area contributed by atoms with Gasteiger partial charge in [-0.1, -0.05) is 0 Å². The third-order valence-electron chi connectivity index (χ3n) is 2.07. The molecule has 0 aliphatic carbocycles. The summed E-state index contributed by atoms with van der Waals surface area (Å²) in [6.07, 6.45) is -1.53. The van der Waals surface area contributed by atoms with Crippen molar-refractivity contribution in [3.63, 3.8) is 0 Å². The van der Waals surface area contributed by atoms with Gasteiger partial charge in [-0.25, -0.2) is 9.97 Å². The van der Waals surface area contributed by atoms with Crippen LogP contribution in [0.3, 0.4) is 0 Å². The van der Waals surface area contributed by atoms with E-state index in [1.807, 2.05) is 0 Å². The van der Waals surface area contributed by atoms with Crippen LogP contribution < -0.4 is 0 Å². The zero-order chi connectivity index (χ0) is 12.5. The second-order valence-electron chi connectivity index (χ2n) is 3.46. The summed E-state index contributed by atoms with van der Waals surface area (Å²) in [6, 6.07) is 4.78. The average Bonchev–Trinajstić information content (AvgIpc) is 2.28. The van der Waals surface area contributed by atoms with Gasteiger partial charge in [0, 0.05) is 23.7 Å². The molecule has 2 heterocycles. The molecule has 0 N–H and O–H groups in total. The van der Waals surface area contributed by atoms with Crippen LogP contribution in [0.5, 0.6) is 0 Å². The normalized spacial score (nSPS) is 11.5. The van der Waals surface area contributed by atoms with Gasteiger partial charge in [0.25, 0.3) is 0 Å². The molecule has 0 saturated carbocycles. The van der Waals surface area contributed by atoms with Crippen LogP contribution in [-0.4, -0.2) is 15.0 Å². The van der Waals surface area contributed by atoms with Crippen LogP contribution in [-0.2, 0) is 6.18 Å². The lowest BCUT2D eigenvalue weighted by molar-refractivity contribution is -0.145. The number of aromatic nitrogens is 3. The molecule has 0 unspecified atom stereocenters. The van der Waals surface area contributed by atoms with E-state index < -0.39 is 12.0 Å². The number of rotatable bonds is 1. The Balaban J connectivity index is 2.54. The van der Waals surface area contributed by atoms with E-state index in [-0.39, 0.29) is 11.4 Å². The molecule has 0 amide bonds. The van der Waals surface area contributed by atoms with Crippen molar-refractivity contribution in [3.05, 3.63) is 42.1 Å². The zero-order valence-corrected chi connectivity index (χ0v) is 8.86. The standard InChI is InChI=1S/C11H8F3N3/c1-7-5-9(8-3-2-4-15-6-8)17-10(16-7)11(12,13)14/h2-6H,1H3. The number of alkyl halides is 3. The predicted molar refractivity (Wildman–Crippen MR) is 55.0 cm³/mol. The molecule has 0 fully saturated rings. The SMILES string of the molecule is Cc1cc(-c2cccnc2)nc(C(F)(F)F)n1. The van der Waals surface area contributed by atoms with Crippen molar-refractivity contribution in [1.82, 2.24) is 15.0 Å². The van der Waals surface area contributed by atoms with Gasteiger partial charge in [-0.15, -0.1) is 0 Å². The first-order valence-electron chi connectivity index (χ1n) is 4.80. The van der Waals surface area contributed by atoms with Gasteiger partial charge in [-0.3, -0.25) is 4.98 Å². The fourth-order valence-corrected chi connectivity index (χ4v) is 1.36. The highest BCUT2D eigenvalue weighted by molar-refractivity contribution is 5.57. The molecule has 0 aliphatic rings. The summed E-state index contributed by atoms with van der Waals surface area (Å²) in [6.45, 7) is 1.50. The fourth-order valence-electron chi connectivity index (χ4n) is 1.36. The molecule has 0 aromatic carbocycles. The van der Waals surface area contributed by atoms with Crippen molar-refractivity contribution in [2.24, 2.45) is 0 Å². The number of pyridine rings is 1. The van der Waals surface area contributed by atoms with Crippen LogP contribution in [0.1, 0.15) is 11.5 Å². The Morgan fingerprint density at radius 2 is 1.94 bits per heavy atom. The molecule has 2 aromatic heterocycles. The average molecular weight is 239 g/mol. The Kier molecular flexibility index (Phi) is 2.79. The molecule has 0 atom stereocenters. The minimum absolute atomic E-state index is 0.220. The second kappa shape index (κ2) is 4.12. The van der Waals surface area contributed by atoms with Gasteiger partial charge >= 0.3 is 6.18 Å². The summed E-state index contributed by atoms with van der Waals surface area (Å²) in [7, 11) is 0. The predicted octanol–water partition coefficient (Wildman–Crippen LogP) is 2.87. The molecule has 6 heteroatoms. The molecule has 88 valence electrons. The first kappa shape index (κ1) is 11.5. The van der Waals surface area contributed by atoms with E-state index in [0.717, 1.165) is 0 Å². The maximum Gasteiger partial charge on any atom is 0.451 e. The van der Waals surface area contributed by atoms with Crippen LogP contribution in [0.2, 0.25) is 0 Å². The second-order valence-corrected chi connectivity index (χ2v) is 3.46. The molecule has 0 radical (unpaired) electrons. The van der Waals surface area contributed by atoms with Crippen molar-refractivity contribution in [2.75, 3.05) is 0 Å². The van der Waals surface area contributed by atoms with Crippen LogP contribution >= 0.6 is 0 Å². The highest BCUT2D eigenvalue weighted by Crippen LogP contribution is 2.28. The lowest BCUT2D eigenvalue weighted by Gasteiger charge is -2.08. The molecule has 0 saturated heterocycles. The lowest BCUT2D eigenvalue weighted by Crippen LogP contribution is -2.12. The third-order valence-corrected chi connectivity index (χ3v) is 2.07. The van der Waals surface area contributed by atoms with Gasteiger partial charge in [0.2, 0.25) is 5.82 Å². The van der Waals surface area contributed by atoms with Crippen molar-refractivity contribution >= 4 is 0 Å². The Hall–Kier alpha value is -1.98. The maximum absolute atomic E-state index is 12.5.